The highest BCUT2D eigenvalue weighted by atomic mass is 16.4. The van der Waals surface area contributed by atoms with Crippen LogP contribution in [0.5, 0.6) is 0 Å². The van der Waals surface area contributed by atoms with Crippen LogP contribution in [0.15, 0.2) is 60.7 Å². The number of aliphatic carboxylic acids is 1. The maximum atomic E-state index is 10.2. The molecule has 2 aromatic carbocycles. The maximum Gasteiger partial charge on any atom is 0.307 e. The smallest absolute Gasteiger partial charge is 0.307 e. The van der Waals surface area contributed by atoms with Crippen molar-refractivity contribution in [3.05, 3.63) is 71.8 Å². The molecule has 0 aliphatic carbocycles. The van der Waals surface area contributed by atoms with E-state index in [9.17, 15) is 4.79 Å². The van der Waals surface area contributed by atoms with Crippen molar-refractivity contribution in [2.75, 3.05) is 0 Å². The zero-order chi connectivity index (χ0) is 12.5. The molecule has 2 rings (SSSR count). The fraction of sp³-hybridized carbons (Fsp3) is 0.133. The van der Waals surface area contributed by atoms with Crippen LogP contribution in [0.2, 0.25) is 0 Å². The van der Waals surface area contributed by atoms with Gasteiger partial charge in [0.05, 0.1) is 6.42 Å². The lowest BCUT2D eigenvalue weighted by Gasteiger charge is -1.92. The number of hydrogen-bond acceptors (Lipinski definition) is 1. The normalized spacial score (nSPS) is 9.00. The first-order valence-corrected chi connectivity index (χ1v) is 5.46. The van der Waals surface area contributed by atoms with Crippen LogP contribution in [0.4, 0.5) is 0 Å². The van der Waals surface area contributed by atoms with Gasteiger partial charge in [-0.3, -0.25) is 4.79 Å². The third-order valence-electron chi connectivity index (χ3n) is 2.14. The largest absolute Gasteiger partial charge is 0.481 e. The second kappa shape index (κ2) is 7.23. The van der Waals surface area contributed by atoms with Crippen molar-refractivity contribution in [1.29, 1.82) is 0 Å². The van der Waals surface area contributed by atoms with Crippen LogP contribution in [-0.4, -0.2) is 11.1 Å². The van der Waals surface area contributed by atoms with Crippen molar-refractivity contribution in [3.8, 4) is 0 Å². The number of aryl methyl sites for hydroxylation is 1. The molecule has 0 fully saturated rings. The van der Waals surface area contributed by atoms with Crippen molar-refractivity contribution < 1.29 is 9.90 Å². The number of carbonyl (C=O) groups is 1. The summed E-state index contributed by atoms with van der Waals surface area (Å²) < 4.78 is 0. The Bertz CT molecular complexity index is 435. The lowest BCUT2D eigenvalue weighted by Crippen LogP contribution is -1.98. The predicted molar refractivity (Wildman–Crippen MR) is 69.0 cm³/mol. The molecule has 2 nitrogen and oxygen atoms in total. The van der Waals surface area contributed by atoms with E-state index in [0.717, 1.165) is 5.56 Å². The first-order chi connectivity index (χ1) is 8.18. The highest BCUT2D eigenvalue weighted by Gasteiger charge is 1.96. The number of hydrogen-bond donors (Lipinski definition) is 1. The van der Waals surface area contributed by atoms with Gasteiger partial charge in [-0.15, -0.1) is 0 Å². The fourth-order valence-corrected chi connectivity index (χ4v) is 1.30. The molecule has 2 heteroatoms. The molecular weight excluding hydrogens is 212 g/mol. The number of rotatable bonds is 2. The van der Waals surface area contributed by atoms with Crippen molar-refractivity contribution in [3.63, 3.8) is 0 Å². The zero-order valence-corrected chi connectivity index (χ0v) is 9.84. The quantitative estimate of drug-likeness (QED) is 0.856. The molecule has 0 atom stereocenters. The van der Waals surface area contributed by atoms with Gasteiger partial charge in [0.15, 0.2) is 0 Å². The average molecular weight is 228 g/mol. The van der Waals surface area contributed by atoms with E-state index in [0.29, 0.717) is 0 Å². The molecule has 2 aromatic rings. The van der Waals surface area contributed by atoms with Gasteiger partial charge in [-0.25, -0.2) is 0 Å². The van der Waals surface area contributed by atoms with Gasteiger partial charge < -0.3 is 5.11 Å². The highest BCUT2D eigenvalue weighted by molar-refractivity contribution is 5.70. The van der Waals surface area contributed by atoms with E-state index in [1.54, 1.807) is 12.1 Å². The Morgan fingerprint density at radius 2 is 1.41 bits per heavy atom. The Kier molecular flexibility index (Phi) is 5.52. The number of benzene rings is 2. The molecule has 0 saturated carbocycles. The first kappa shape index (κ1) is 13.0. The third-order valence-corrected chi connectivity index (χ3v) is 2.14. The van der Waals surface area contributed by atoms with E-state index < -0.39 is 5.97 Å². The Hall–Kier alpha value is -2.09. The molecule has 17 heavy (non-hydrogen) atoms. The Morgan fingerprint density at radius 3 is 1.76 bits per heavy atom. The van der Waals surface area contributed by atoms with Crippen molar-refractivity contribution >= 4 is 5.97 Å². The summed E-state index contributed by atoms with van der Waals surface area (Å²) in [5.74, 6) is -0.786. The summed E-state index contributed by atoms with van der Waals surface area (Å²) in [4.78, 5) is 10.2. The minimum Gasteiger partial charge on any atom is -0.481 e. The van der Waals surface area contributed by atoms with Crippen LogP contribution >= 0.6 is 0 Å². The van der Waals surface area contributed by atoms with Crippen LogP contribution in [0.1, 0.15) is 11.1 Å². The molecule has 1 N–H and O–H groups in total. The Labute approximate surface area is 102 Å². The molecule has 0 aliphatic rings. The molecule has 0 spiro atoms. The van der Waals surface area contributed by atoms with Gasteiger partial charge in [-0.2, -0.15) is 0 Å². The van der Waals surface area contributed by atoms with Gasteiger partial charge in [-0.1, -0.05) is 66.2 Å². The molecule has 0 amide bonds. The third kappa shape index (κ3) is 6.15. The van der Waals surface area contributed by atoms with E-state index in [1.165, 1.54) is 5.56 Å². The summed E-state index contributed by atoms with van der Waals surface area (Å²) in [7, 11) is 0. The van der Waals surface area contributed by atoms with E-state index in [2.05, 4.69) is 19.1 Å². The molecule has 0 aliphatic heterocycles. The molecule has 0 unspecified atom stereocenters. The summed E-state index contributed by atoms with van der Waals surface area (Å²) in [5.41, 5.74) is 2.16. The van der Waals surface area contributed by atoms with Crippen LogP contribution in [-0.2, 0) is 11.2 Å². The van der Waals surface area contributed by atoms with E-state index >= 15 is 0 Å². The minimum atomic E-state index is -0.786. The summed E-state index contributed by atoms with van der Waals surface area (Å²) in [5, 5.41) is 8.37. The van der Waals surface area contributed by atoms with Gasteiger partial charge in [0.1, 0.15) is 0 Å². The summed E-state index contributed by atoms with van der Waals surface area (Å²) in [6.07, 6.45) is 0.112. The molecule has 0 heterocycles. The Morgan fingerprint density at radius 1 is 0.941 bits per heavy atom. The first-order valence-electron chi connectivity index (χ1n) is 5.46. The van der Waals surface area contributed by atoms with E-state index in [4.69, 9.17) is 5.11 Å². The standard InChI is InChI=1S/C8H8O2.C7H8/c9-8(10)6-7-4-2-1-3-5-7;1-7-5-3-2-4-6-7/h1-5H,6H2,(H,9,10);2-6H,1H3. The van der Waals surface area contributed by atoms with Crippen LogP contribution < -0.4 is 0 Å². The lowest BCUT2D eigenvalue weighted by atomic mass is 10.2. The number of carboxylic acids is 1. The van der Waals surface area contributed by atoms with Gasteiger partial charge in [0.25, 0.3) is 0 Å². The summed E-state index contributed by atoms with van der Waals surface area (Å²) in [6, 6.07) is 19.4. The SMILES string of the molecule is Cc1ccccc1.O=C(O)Cc1ccccc1. The fourth-order valence-electron chi connectivity index (χ4n) is 1.30. The predicted octanol–water partition coefficient (Wildman–Crippen LogP) is 3.31. The monoisotopic (exact) mass is 228 g/mol. The second-order valence-corrected chi connectivity index (χ2v) is 3.71. The molecular formula is C15H16O2. The molecule has 0 aromatic heterocycles. The van der Waals surface area contributed by atoms with Gasteiger partial charge in [0.2, 0.25) is 0 Å². The van der Waals surface area contributed by atoms with Crippen molar-refractivity contribution in [2.45, 2.75) is 13.3 Å². The molecule has 88 valence electrons. The molecule has 0 saturated heterocycles. The van der Waals surface area contributed by atoms with Crippen LogP contribution in [0.25, 0.3) is 0 Å². The van der Waals surface area contributed by atoms with Gasteiger partial charge in [0, 0.05) is 0 Å². The van der Waals surface area contributed by atoms with Gasteiger partial charge >= 0.3 is 5.97 Å². The van der Waals surface area contributed by atoms with Gasteiger partial charge in [-0.05, 0) is 12.5 Å². The van der Waals surface area contributed by atoms with Crippen molar-refractivity contribution in [1.82, 2.24) is 0 Å². The molecule has 0 radical (unpaired) electrons. The summed E-state index contributed by atoms with van der Waals surface area (Å²) in [6.45, 7) is 2.08. The van der Waals surface area contributed by atoms with Crippen LogP contribution in [0.3, 0.4) is 0 Å². The topological polar surface area (TPSA) is 37.3 Å². The number of carboxylic acid groups (broad SMARTS) is 1. The maximum absolute atomic E-state index is 10.2. The lowest BCUT2D eigenvalue weighted by molar-refractivity contribution is -0.136. The Balaban J connectivity index is 0.000000181. The zero-order valence-electron chi connectivity index (χ0n) is 9.84. The molecule has 0 bridgehead atoms. The van der Waals surface area contributed by atoms with Crippen molar-refractivity contribution in [2.24, 2.45) is 0 Å². The highest BCUT2D eigenvalue weighted by Crippen LogP contribution is 1.98. The average Bonchev–Trinajstić information content (AvgIpc) is 2.31. The van der Waals surface area contributed by atoms with Crippen LogP contribution in [0, 0.1) is 6.92 Å². The van der Waals surface area contributed by atoms with E-state index in [-0.39, 0.29) is 6.42 Å². The minimum absolute atomic E-state index is 0.112. The summed E-state index contributed by atoms with van der Waals surface area (Å²) >= 11 is 0. The second-order valence-electron chi connectivity index (χ2n) is 3.71. The van der Waals surface area contributed by atoms with E-state index in [1.807, 2.05) is 36.4 Å².